The van der Waals surface area contributed by atoms with E-state index in [1.165, 1.54) is 6.07 Å². The number of urea groups is 1. The van der Waals surface area contributed by atoms with Gasteiger partial charge in [-0.3, -0.25) is 0 Å². The summed E-state index contributed by atoms with van der Waals surface area (Å²) in [5, 5.41) is 0. The van der Waals surface area contributed by atoms with E-state index in [1.54, 1.807) is 17.0 Å². The maximum atomic E-state index is 12.8. The molecule has 166 valence electrons. The number of primary amides is 1. The lowest BCUT2D eigenvalue weighted by Crippen LogP contribution is -2.57. The molecule has 1 unspecified atom stereocenters. The number of hydrogen-bond donors (Lipinski definition) is 1. The summed E-state index contributed by atoms with van der Waals surface area (Å²) in [6.45, 7) is -1.26. The molecule has 2 aliphatic rings. The second-order valence-electron chi connectivity index (χ2n) is 8.00. The van der Waals surface area contributed by atoms with Crippen molar-refractivity contribution >= 4 is 11.7 Å². The van der Waals surface area contributed by atoms with Gasteiger partial charge in [-0.25, -0.2) is 4.79 Å². The average molecular weight is 431 g/mol. The lowest BCUT2D eigenvalue weighted by Gasteiger charge is -2.42. The van der Waals surface area contributed by atoms with Crippen molar-refractivity contribution in [3.05, 3.63) is 54.1 Å². The third-order valence-electron chi connectivity index (χ3n) is 5.93. The number of rotatable bonds is 7. The summed E-state index contributed by atoms with van der Waals surface area (Å²) in [6.07, 6.45) is 3.61. The number of alkyl halides is 2. The highest BCUT2D eigenvalue weighted by molar-refractivity contribution is 5.73. The van der Waals surface area contributed by atoms with E-state index < -0.39 is 12.6 Å². The first-order valence-electron chi connectivity index (χ1n) is 10.6. The molecule has 1 saturated carbocycles. The third kappa shape index (κ3) is 5.18. The molecule has 6 nitrogen and oxygen atoms in total. The Bertz CT molecular complexity index is 893. The van der Waals surface area contributed by atoms with Gasteiger partial charge in [0.25, 0.3) is 0 Å². The number of anilines is 1. The van der Waals surface area contributed by atoms with E-state index >= 15 is 0 Å². The zero-order chi connectivity index (χ0) is 21.8. The van der Waals surface area contributed by atoms with Crippen LogP contribution in [0.5, 0.6) is 11.5 Å². The van der Waals surface area contributed by atoms with Crippen molar-refractivity contribution in [3.63, 3.8) is 0 Å². The topological polar surface area (TPSA) is 68.0 Å². The van der Waals surface area contributed by atoms with Gasteiger partial charge < -0.3 is 25.0 Å². The van der Waals surface area contributed by atoms with Gasteiger partial charge in [0.15, 0.2) is 11.5 Å². The fourth-order valence-corrected chi connectivity index (χ4v) is 4.09. The van der Waals surface area contributed by atoms with E-state index in [0.29, 0.717) is 31.8 Å². The number of hydrogen-bond acceptors (Lipinski definition) is 4. The molecular formula is C23H27F2N3O3. The molecule has 0 bridgehead atoms. The molecule has 31 heavy (non-hydrogen) atoms. The number of nitrogens with zero attached hydrogens (tertiary/aromatic N) is 2. The third-order valence-corrected chi connectivity index (χ3v) is 5.93. The van der Waals surface area contributed by atoms with Crippen molar-refractivity contribution in [2.75, 3.05) is 24.5 Å². The minimum atomic E-state index is -2.91. The zero-order valence-electron chi connectivity index (χ0n) is 17.3. The Hall–Kier alpha value is -3.03. The molecule has 1 heterocycles. The van der Waals surface area contributed by atoms with Gasteiger partial charge in [0.05, 0.1) is 12.1 Å². The van der Waals surface area contributed by atoms with Gasteiger partial charge in [-0.05, 0) is 43.4 Å². The van der Waals surface area contributed by atoms with Crippen LogP contribution in [-0.2, 0) is 6.42 Å². The van der Waals surface area contributed by atoms with Crippen LogP contribution in [0.15, 0.2) is 48.5 Å². The first kappa shape index (κ1) is 21.2. The normalized spacial score (nSPS) is 19.3. The monoisotopic (exact) mass is 431 g/mol. The molecule has 1 saturated heterocycles. The second-order valence-corrected chi connectivity index (χ2v) is 8.00. The Morgan fingerprint density at radius 3 is 2.52 bits per heavy atom. The number of benzene rings is 2. The molecule has 2 fully saturated rings. The van der Waals surface area contributed by atoms with Crippen LogP contribution in [0.25, 0.3) is 0 Å². The van der Waals surface area contributed by atoms with E-state index in [4.69, 9.17) is 10.5 Å². The quantitative estimate of drug-likeness (QED) is 0.719. The highest BCUT2D eigenvalue weighted by Crippen LogP contribution is 2.37. The predicted octanol–water partition coefficient (Wildman–Crippen LogP) is 4.03. The van der Waals surface area contributed by atoms with Crippen molar-refractivity contribution in [3.8, 4) is 11.5 Å². The van der Waals surface area contributed by atoms with Gasteiger partial charge in [-0.15, -0.1) is 0 Å². The summed E-state index contributed by atoms with van der Waals surface area (Å²) in [4.78, 5) is 15.8. The number of nitrogens with two attached hydrogens (primary N) is 1. The number of carbonyl (C=O) groups is 1. The Balaban J connectivity index is 1.54. The Morgan fingerprint density at radius 2 is 1.87 bits per heavy atom. The predicted molar refractivity (Wildman–Crippen MR) is 114 cm³/mol. The summed E-state index contributed by atoms with van der Waals surface area (Å²) in [6, 6.07) is 14.5. The maximum absolute atomic E-state index is 12.8. The molecule has 2 aromatic carbocycles. The summed E-state index contributed by atoms with van der Waals surface area (Å²) >= 11 is 0. The molecule has 2 N–H and O–H groups in total. The SMILES string of the molecule is NC(=O)N1CCN(c2ccc(OC(F)F)c(OC3CCC3)c2)CC1Cc1ccccc1. The van der Waals surface area contributed by atoms with Gasteiger partial charge in [-0.1, -0.05) is 30.3 Å². The summed E-state index contributed by atoms with van der Waals surface area (Å²) in [5.74, 6) is 0.377. The standard InChI is InChI=1S/C23H27F2N3O3/c24-22(25)31-20-10-9-17(14-21(20)30-19-7-4-8-19)27-11-12-28(23(26)29)18(15-27)13-16-5-2-1-3-6-16/h1-3,5-6,9-10,14,18-19,22H,4,7-8,11-13,15H2,(H2,26,29). The van der Waals surface area contributed by atoms with Crippen LogP contribution < -0.4 is 20.1 Å². The van der Waals surface area contributed by atoms with Gasteiger partial charge in [0, 0.05) is 31.4 Å². The van der Waals surface area contributed by atoms with E-state index in [1.807, 2.05) is 30.3 Å². The van der Waals surface area contributed by atoms with Gasteiger partial charge >= 0.3 is 12.6 Å². The lowest BCUT2D eigenvalue weighted by atomic mass is 9.96. The first-order chi connectivity index (χ1) is 15.0. The van der Waals surface area contributed by atoms with E-state index in [0.717, 1.165) is 30.5 Å². The fraction of sp³-hybridized carbons (Fsp3) is 0.435. The molecule has 2 amide bonds. The van der Waals surface area contributed by atoms with Gasteiger partial charge in [-0.2, -0.15) is 8.78 Å². The van der Waals surface area contributed by atoms with Crippen molar-refractivity contribution in [2.45, 2.75) is 44.4 Å². The molecule has 1 aliphatic heterocycles. The molecule has 4 rings (SSSR count). The van der Waals surface area contributed by atoms with Crippen molar-refractivity contribution in [2.24, 2.45) is 5.73 Å². The summed E-state index contributed by atoms with van der Waals surface area (Å²) in [7, 11) is 0. The van der Waals surface area contributed by atoms with Crippen LogP contribution in [0.1, 0.15) is 24.8 Å². The molecule has 1 atom stereocenters. The minimum Gasteiger partial charge on any atom is -0.486 e. The first-order valence-corrected chi connectivity index (χ1v) is 10.6. The largest absolute Gasteiger partial charge is 0.486 e. The molecule has 0 spiro atoms. The number of ether oxygens (including phenoxy) is 2. The molecule has 8 heteroatoms. The Labute approximate surface area is 180 Å². The number of piperazine rings is 1. The van der Waals surface area contributed by atoms with E-state index in [2.05, 4.69) is 9.64 Å². The smallest absolute Gasteiger partial charge is 0.387 e. The van der Waals surface area contributed by atoms with Crippen LogP contribution in [0.2, 0.25) is 0 Å². The van der Waals surface area contributed by atoms with E-state index in [9.17, 15) is 13.6 Å². The van der Waals surface area contributed by atoms with Crippen LogP contribution in [0.3, 0.4) is 0 Å². The molecular weight excluding hydrogens is 404 g/mol. The lowest BCUT2D eigenvalue weighted by molar-refractivity contribution is -0.0526. The average Bonchev–Trinajstić information content (AvgIpc) is 2.72. The minimum absolute atomic E-state index is 0.0350. The highest BCUT2D eigenvalue weighted by atomic mass is 19.3. The number of halogens is 2. The molecule has 2 aromatic rings. The van der Waals surface area contributed by atoms with Crippen LogP contribution >= 0.6 is 0 Å². The van der Waals surface area contributed by atoms with Gasteiger partial charge in [0.1, 0.15) is 0 Å². The number of amides is 2. The van der Waals surface area contributed by atoms with Gasteiger partial charge in [0.2, 0.25) is 0 Å². The van der Waals surface area contributed by atoms with Crippen molar-refractivity contribution in [1.82, 2.24) is 4.90 Å². The number of carbonyl (C=O) groups excluding carboxylic acids is 1. The van der Waals surface area contributed by atoms with Crippen LogP contribution in [0.4, 0.5) is 19.3 Å². The molecule has 0 radical (unpaired) electrons. The Morgan fingerprint density at radius 1 is 1.10 bits per heavy atom. The van der Waals surface area contributed by atoms with Crippen molar-refractivity contribution < 1.29 is 23.0 Å². The van der Waals surface area contributed by atoms with Crippen LogP contribution in [0, 0.1) is 0 Å². The fourth-order valence-electron chi connectivity index (χ4n) is 4.09. The molecule has 1 aliphatic carbocycles. The zero-order valence-corrected chi connectivity index (χ0v) is 17.3. The Kier molecular flexibility index (Phi) is 6.44. The van der Waals surface area contributed by atoms with Crippen LogP contribution in [-0.4, -0.2) is 49.3 Å². The molecule has 0 aromatic heterocycles. The summed E-state index contributed by atoms with van der Waals surface area (Å²) < 4.78 is 36.2. The maximum Gasteiger partial charge on any atom is 0.387 e. The van der Waals surface area contributed by atoms with Crippen molar-refractivity contribution in [1.29, 1.82) is 0 Å². The second kappa shape index (κ2) is 9.41. The highest BCUT2D eigenvalue weighted by Gasteiger charge is 2.30. The van der Waals surface area contributed by atoms with E-state index in [-0.39, 0.29) is 17.9 Å². The summed E-state index contributed by atoms with van der Waals surface area (Å²) in [5.41, 5.74) is 7.59.